The van der Waals surface area contributed by atoms with Crippen LogP contribution in [0.5, 0.6) is 5.75 Å². The topological polar surface area (TPSA) is 131 Å². The number of methoxy groups -OCH3 is 1. The number of amidine groups is 2. The number of hydrogen-bond acceptors (Lipinski definition) is 6. The van der Waals surface area contributed by atoms with Crippen molar-refractivity contribution in [1.82, 2.24) is 10.6 Å². The van der Waals surface area contributed by atoms with Gasteiger partial charge in [0, 0.05) is 41.7 Å². The minimum atomic E-state index is -0.825. The monoisotopic (exact) mass is 636 g/mol. The Bertz CT molecular complexity index is 1550. The van der Waals surface area contributed by atoms with E-state index < -0.39 is 10.0 Å². The molecular formula is C33H41ClN6O3S. The molecule has 0 radical (unpaired) electrons. The van der Waals surface area contributed by atoms with Crippen molar-refractivity contribution in [2.45, 2.75) is 25.2 Å². The van der Waals surface area contributed by atoms with Gasteiger partial charge in [-0.05, 0) is 79.5 Å². The Balaban J connectivity index is 0.000000245. The van der Waals surface area contributed by atoms with Gasteiger partial charge in [-0.3, -0.25) is 30.3 Å². The second-order valence-corrected chi connectivity index (χ2v) is 15.5. The lowest BCUT2D eigenvalue weighted by molar-refractivity contribution is -0.118. The molecule has 0 aliphatic carbocycles. The van der Waals surface area contributed by atoms with Gasteiger partial charge in [0.05, 0.1) is 25.1 Å². The molecule has 4 rings (SSSR count). The second kappa shape index (κ2) is 15.5. The van der Waals surface area contributed by atoms with Gasteiger partial charge in [0.25, 0.3) is 5.91 Å². The van der Waals surface area contributed by atoms with Crippen molar-refractivity contribution in [3.63, 3.8) is 0 Å². The van der Waals surface area contributed by atoms with Crippen molar-refractivity contribution in [3.05, 3.63) is 88.4 Å². The summed E-state index contributed by atoms with van der Waals surface area (Å²) in [5, 5.41) is 22.5. The third-order valence-corrected chi connectivity index (χ3v) is 8.55. The number of carbonyl (C=O) groups is 2. The van der Waals surface area contributed by atoms with Crippen LogP contribution in [0.1, 0.15) is 41.8 Å². The minimum absolute atomic E-state index is 0.0443. The zero-order valence-electron chi connectivity index (χ0n) is 26.1. The zero-order chi connectivity index (χ0) is 32.4. The molecule has 1 aliphatic heterocycles. The average Bonchev–Trinajstić information content (AvgIpc) is 3.12. The van der Waals surface area contributed by atoms with E-state index in [2.05, 4.69) is 40.5 Å². The van der Waals surface area contributed by atoms with E-state index in [9.17, 15) is 9.59 Å². The van der Waals surface area contributed by atoms with Crippen LogP contribution < -0.4 is 20.3 Å². The Kier molecular flexibility index (Phi) is 12.1. The first-order valence-corrected chi connectivity index (χ1v) is 17.3. The van der Waals surface area contributed by atoms with E-state index in [1.54, 1.807) is 18.9 Å². The molecule has 0 spiro atoms. The van der Waals surface area contributed by atoms with Gasteiger partial charge in [0.1, 0.15) is 17.4 Å². The van der Waals surface area contributed by atoms with Crippen LogP contribution in [0.15, 0.2) is 76.6 Å². The molecule has 0 saturated carbocycles. The number of nitrogens with one attached hydrogen (secondary N) is 4. The predicted molar refractivity (Wildman–Crippen MR) is 184 cm³/mol. The lowest BCUT2D eigenvalue weighted by atomic mass is 9.99. The summed E-state index contributed by atoms with van der Waals surface area (Å²) in [5.41, 5.74) is 3.94. The van der Waals surface area contributed by atoms with Crippen molar-refractivity contribution >= 4 is 56.5 Å². The van der Waals surface area contributed by atoms with Crippen LogP contribution in [0.4, 0.5) is 5.69 Å². The fraction of sp³-hybridized carbons (Fsp3) is 0.303. The Morgan fingerprint density at radius 1 is 1.00 bits per heavy atom. The molecule has 1 heterocycles. The Morgan fingerprint density at radius 3 is 2.30 bits per heavy atom. The summed E-state index contributed by atoms with van der Waals surface area (Å²) in [4.78, 5) is 30.2. The van der Waals surface area contributed by atoms with Crippen molar-refractivity contribution < 1.29 is 14.3 Å². The van der Waals surface area contributed by atoms with Crippen LogP contribution in [-0.4, -0.2) is 74.7 Å². The Morgan fingerprint density at radius 2 is 1.68 bits per heavy atom. The number of halogens is 1. The lowest BCUT2D eigenvalue weighted by Gasteiger charge is -2.26. The summed E-state index contributed by atoms with van der Waals surface area (Å²) in [5.74, 6) is 1.14. The van der Waals surface area contributed by atoms with E-state index in [0.29, 0.717) is 29.4 Å². The maximum Gasteiger partial charge on any atom is 0.251 e. The number of benzene rings is 3. The van der Waals surface area contributed by atoms with Crippen LogP contribution in [0, 0.1) is 10.8 Å². The summed E-state index contributed by atoms with van der Waals surface area (Å²) in [6, 6.07) is 20.8. The number of ether oxygens (including phenoxy) is 1. The molecule has 0 aromatic heterocycles. The Hall–Kier alpha value is -4.15. The first-order valence-electron chi connectivity index (χ1n) is 14.0. The fourth-order valence-corrected chi connectivity index (χ4v) is 5.49. The van der Waals surface area contributed by atoms with Crippen molar-refractivity contribution in [2.24, 2.45) is 4.99 Å². The van der Waals surface area contributed by atoms with Gasteiger partial charge >= 0.3 is 0 Å². The number of hydrogen-bond donors (Lipinski definition) is 4. The molecule has 3 aromatic rings. The van der Waals surface area contributed by atoms with Gasteiger partial charge in [-0.2, -0.15) is 0 Å². The minimum Gasteiger partial charge on any atom is -0.497 e. The maximum atomic E-state index is 12.0. The quantitative estimate of drug-likeness (QED) is 0.138. The number of carbonyl (C=O) groups excluding carboxylic acids is 2. The van der Waals surface area contributed by atoms with Gasteiger partial charge in [-0.15, -0.1) is 0 Å². The maximum absolute atomic E-state index is 12.0. The smallest absolute Gasteiger partial charge is 0.251 e. The van der Waals surface area contributed by atoms with E-state index in [4.69, 9.17) is 27.2 Å². The highest BCUT2D eigenvalue weighted by atomic mass is 35.5. The van der Waals surface area contributed by atoms with Crippen molar-refractivity contribution in [1.29, 1.82) is 10.8 Å². The standard InChI is InChI=1S/C18H17ClN4O.C15H24N2O2S/c1-11(20)23-16-8-7-14(24-2)9-15(16)18(22-10-17(23)21)12-3-5-13(19)6-4-12;1-12(18)16-9-6-10-17-15(19)13-7-5-8-14(11-13)20(2,3)4/h3-9,20-21H,10H2,1-2H3;5,7-8,11H,6,9-10H2,1-4H3,(H,16,18)(H,17,19). The molecule has 4 N–H and O–H groups in total. The third-order valence-electron chi connectivity index (χ3n) is 6.63. The van der Waals surface area contributed by atoms with E-state index in [1.807, 2.05) is 60.7 Å². The molecule has 9 nitrogen and oxygen atoms in total. The van der Waals surface area contributed by atoms with Crippen LogP contribution in [0.25, 0.3) is 0 Å². The molecule has 0 saturated heterocycles. The van der Waals surface area contributed by atoms with Crippen LogP contribution >= 0.6 is 21.6 Å². The van der Waals surface area contributed by atoms with E-state index in [-0.39, 0.29) is 30.0 Å². The fourth-order valence-electron chi connectivity index (χ4n) is 4.39. The molecule has 0 atom stereocenters. The number of nitrogens with zero attached hydrogens (tertiary/aromatic N) is 2. The average molecular weight is 637 g/mol. The van der Waals surface area contributed by atoms with Gasteiger partial charge in [-0.25, -0.2) is 10.0 Å². The molecule has 0 fully saturated rings. The second-order valence-electron chi connectivity index (χ2n) is 10.9. The number of rotatable bonds is 8. The molecule has 44 heavy (non-hydrogen) atoms. The Labute approximate surface area is 266 Å². The van der Waals surface area contributed by atoms with Gasteiger partial charge < -0.3 is 15.4 Å². The highest BCUT2D eigenvalue weighted by Crippen LogP contribution is 2.45. The number of fused-ring (bicyclic) bond motifs is 1. The summed E-state index contributed by atoms with van der Waals surface area (Å²) in [7, 11) is 0.785. The number of benzodiazepines with no additional fused rings is 1. The van der Waals surface area contributed by atoms with Crippen molar-refractivity contribution in [2.75, 3.05) is 50.4 Å². The summed E-state index contributed by atoms with van der Waals surface area (Å²) in [6.07, 6.45) is 7.35. The first-order chi connectivity index (χ1) is 20.8. The molecule has 3 aromatic carbocycles. The van der Waals surface area contributed by atoms with Crippen LogP contribution in [-0.2, 0) is 4.79 Å². The highest BCUT2D eigenvalue weighted by Gasteiger charge is 2.25. The number of amides is 2. The number of anilines is 1. The number of aliphatic imine (C=N–C) groups is 1. The van der Waals surface area contributed by atoms with E-state index in [0.717, 1.165) is 28.9 Å². The van der Waals surface area contributed by atoms with Crippen molar-refractivity contribution in [3.8, 4) is 5.75 Å². The molecule has 0 unspecified atom stereocenters. The first kappa shape index (κ1) is 34.3. The highest BCUT2D eigenvalue weighted by molar-refractivity contribution is 8.32. The summed E-state index contributed by atoms with van der Waals surface area (Å²) < 4.78 is 5.34. The summed E-state index contributed by atoms with van der Waals surface area (Å²) >= 11 is 5.99. The SMILES string of the molecule is CC(=O)NCCCNC(=O)c1cccc(S(C)(C)C)c1.COc1ccc2c(c1)C(c1ccc(Cl)cc1)=NCC(=N)N2C(C)=N. The normalized spacial score (nSPS) is 12.9. The van der Waals surface area contributed by atoms with E-state index in [1.165, 1.54) is 11.8 Å². The van der Waals surface area contributed by atoms with Gasteiger partial charge in [-0.1, -0.05) is 35.9 Å². The molecule has 0 bridgehead atoms. The van der Waals surface area contributed by atoms with E-state index >= 15 is 0 Å². The lowest BCUT2D eigenvalue weighted by Crippen LogP contribution is -2.35. The van der Waals surface area contributed by atoms with Crippen LogP contribution in [0.3, 0.4) is 0 Å². The largest absolute Gasteiger partial charge is 0.497 e. The third kappa shape index (κ3) is 9.42. The predicted octanol–water partition coefficient (Wildman–Crippen LogP) is 5.98. The van der Waals surface area contributed by atoms with Gasteiger partial charge in [0.2, 0.25) is 5.91 Å². The molecule has 234 valence electrons. The molecule has 11 heteroatoms. The van der Waals surface area contributed by atoms with Crippen LogP contribution in [0.2, 0.25) is 5.02 Å². The summed E-state index contributed by atoms with van der Waals surface area (Å²) in [6.45, 7) is 4.49. The molecule has 2 amide bonds. The molecule has 1 aliphatic rings. The van der Waals surface area contributed by atoms with Gasteiger partial charge in [0.15, 0.2) is 0 Å². The zero-order valence-corrected chi connectivity index (χ0v) is 27.7. The molecular weight excluding hydrogens is 596 g/mol.